The summed E-state index contributed by atoms with van der Waals surface area (Å²) in [5, 5.41) is 3.96. The molecule has 2 aliphatic carbocycles. The SMILES string of the molecule is CS(=O)(=O)CCCOc1nc(CCl)nc2cc(Cl)ccc12.CS(=O)(=O)CCCOc1nc(Cn2c(=O)n(C3CC3)c3ccncc32)nc2cc(Cl)ccc12.CSCCCOc1nc(CCl)nc2cc(Cl)ccc12.O=c1[nH]c2cnccc2n1C1CC1. The highest BCUT2D eigenvalue weighted by Gasteiger charge is 2.30. The number of pyridine rings is 2. The first kappa shape index (κ1) is 64.1. The molecule has 0 aliphatic heterocycles. The average molecular weight is 1330 g/mol. The molecular weight excluding hydrogens is 1270 g/mol. The highest BCUT2D eigenvalue weighted by Crippen LogP contribution is 2.37. The van der Waals surface area contributed by atoms with Gasteiger partial charge in [-0.15, -0.1) is 23.2 Å². The van der Waals surface area contributed by atoms with Gasteiger partial charge in [-0.1, -0.05) is 34.8 Å². The van der Waals surface area contributed by atoms with Gasteiger partial charge in [-0.3, -0.25) is 23.7 Å². The number of nitrogens with one attached hydrogen (secondary N) is 1. The maximum Gasteiger partial charge on any atom is 0.329 e. The van der Waals surface area contributed by atoms with Crippen molar-refractivity contribution >= 4 is 144 Å². The Bertz CT molecular complexity index is 4410. The van der Waals surface area contributed by atoms with E-state index in [-0.39, 0.29) is 60.4 Å². The van der Waals surface area contributed by atoms with Gasteiger partial charge in [0.05, 0.1) is 117 Å². The van der Waals surface area contributed by atoms with Crippen molar-refractivity contribution in [2.75, 3.05) is 55.8 Å². The Kier molecular flexibility index (Phi) is 21.7. The first-order chi connectivity index (χ1) is 41.3. The van der Waals surface area contributed by atoms with Gasteiger partial charge in [0, 0.05) is 52.1 Å². The molecule has 0 amide bonds. The highest BCUT2D eigenvalue weighted by molar-refractivity contribution is 7.98. The Morgan fingerprint density at radius 2 is 1.01 bits per heavy atom. The van der Waals surface area contributed by atoms with Crippen LogP contribution in [0.15, 0.2) is 101 Å². The fraction of sp³-hybridized carbons (Fsp3) is 0.368. The highest BCUT2D eigenvalue weighted by atomic mass is 35.5. The molecule has 7 heterocycles. The summed E-state index contributed by atoms with van der Waals surface area (Å²) in [4.78, 5) is 62.0. The summed E-state index contributed by atoms with van der Waals surface area (Å²) < 4.78 is 67.4. The summed E-state index contributed by atoms with van der Waals surface area (Å²) in [6.07, 6.45) is 17.2. The number of ether oxygens (including phenoxy) is 3. The standard InChI is InChI=1S/C22H22ClN5O4S.C13H14Cl2N2O3S.C13H14Cl2N2OS.C9H9N3O/c1-33(30,31)10-2-9-32-21-16-6-3-14(23)11-17(16)25-20(26-21)13-27-19-12-24-8-7-18(19)28(22(27)29)15-4-5-15;1-21(18,19)6-2-5-20-13-10-4-3-9(15)7-11(10)16-12(8-14)17-13;1-19-6-2-5-18-13-10-4-3-9(15)7-11(10)16-12(8-14)17-13;13-9-11-7-5-10-4-3-8(7)12(9)6-1-2-6/h3,6-8,11-12,15H,2,4-5,9-10,13H2,1H3;3-4,7H,2,5-6,8H2,1H3;3-4,7H,2,5-6,8H2,1H3;3-6H,1-2H2,(H,11,13). The van der Waals surface area contributed by atoms with Crippen LogP contribution in [0.3, 0.4) is 0 Å². The lowest BCUT2D eigenvalue weighted by atomic mass is 10.2. The van der Waals surface area contributed by atoms with Gasteiger partial charge in [0.15, 0.2) is 5.82 Å². The number of halogens is 5. The fourth-order valence-electron chi connectivity index (χ4n) is 9.01. The monoisotopic (exact) mass is 1330 g/mol. The molecule has 0 spiro atoms. The van der Waals surface area contributed by atoms with Gasteiger partial charge in [0.2, 0.25) is 17.6 Å². The summed E-state index contributed by atoms with van der Waals surface area (Å²) >= 11 is 31.5. The van der Waals surface area contributed by atoms with E-state index in [1.807, 2.05) is 33.4 Å². The molecule has 7 aromatic heterocycles. The third-order valence-corrected chi connectivity index (χ3v) is 17.1. The van der Waals surface area contributed by atoms with E-state index in [9.17, 15) is 26.4 Å². The van der Waals surface area contributed by atoms with Crippen LogP contribution in [0.25, 0.3) is 54.8 Å². The van der Waals surface area contributed by atoms with Gasteiger partial charge >= 0.3 is 11.4 Å². The summed E-state index contributed by atoms with van der Waals surface area (Å²) in [5.41, 5.74) is 5.24. The van der Waals surface area contributed by atoms with Crippen LogP contribution in [0.1, 0.15) is 74.5 Å². The van der Waals surface area contributed by atoms with E-state index >= 15 is 0 Å². The van der Waals surface area contributed by atoms with E-state index in [1.165, 1.54) is 12.5 Å². The molecule has 10 aromatic rings. The molecular formula is C57H59Cl5N12O9S3. The number of nitrogens with zero attached hydrogens (tertiary/aromatic N) is 11. The molecule has 0 bridgehead atoms. The van der Waals surface area contributed by atoms with E-state index in [1.54, 1.807) is 83.6 Å². The van der Waals surface area contributed by atoms with E-state index in [0.717, 1.165) is 70.8 Å². The molecule has 454 valence electrons. The zero-order chi connectivity index (χ0) is 61.1. The smallest absolute Gasteiger partial charge is 0.329 e. The number of sulfone groups is 2. The van der Waals surface area contributed by atoms with Crippen molar-refractivity contribution in [3.8, 4) is 17.6 Å². The van der Waals surface area contributed by atoms with Gasteiger partial charge in [-0.05, 0) is 124 Å². The Morgan fingerprint density at radius 3 is 1.48 bits per heavy atom. The topological polar surface area (TPSA) is 264 Å². The number of rotatable bonds is 21. The number of imidazole rings is 2. The Labute approximate surface area is 524 Å². The van der Waals surface area contributed by atoms with Crippen LogP contribution >= 0.6 is 69.8 Å². The lowest BCUT2D eigenvalue weighted by Gasteiger charge is -2.11. The molecule has 2 saturated carbocycles. The van der Waals surface area contributed by atoms with Crippen molar-refractivity contribution < 1.29 is 31.0 Å². The molecule has 3 aromatic carbocycles. The molecule has 12 rings (SSSR count). The number of H-pyrrole nitrogens is 1. The van der Waals surface area contributed by atoms with E-state index in [4.69, 9.17) is 72.2 Å². The number of hydrogen-bond acceptors (Lipinski definition) is 18. The van der Waals surface area contributed by atoms with Gasteiger partial charge in [-0.2, -0.15) is 26.7 Å². The molecule has 29 heteroatoms. The molecule has 0 unspecified atom stereocenters. The van der Waals surface area contributed by atoms with E-state index < -0.39 is 19.7 Å². The first-order valence-electron chi connectivity index (χ1n) is 27.1. The molecule has 1 N–H and O–H groups in total. The summed E-state index contributed by atoms with van der Waals surface area (Å²) in [6, 6.07) is 20.2. The van der Waals surface area contributed by atoms with E-state index in [0.29, 0.717) is 97.5 Å². The van der Waals surface area contributed by atoms with Crippen LogP contribution in [-0.4, -0.2) is 131 Å². The largest absolute Gasteiger partial charge is 0.477 e. The number of benzene rings is 3. The maximum atomic E-state index is 13.2. The van der Waals surface area contributed by atoms with Gasteiger partial charge in [-0.25, -0.2) is 41.4 Å². The van der Waals surface area contributed by atoms with Crippen molar-refractivity contribution in [1.82, 2.24) is 58.6 Å². The number of alkyl halides is 2. The first-order valence-corrected chi connectivity index (χ1v) is 34.8. The van der Waals surface area contributed by atoms with Crippen LogP contribution in [0.2, 0.25) is 15.1 Å². The molecule has 0 atom stereocenters. The van der Waals surface area contributed by atoms with Crippen LogP contribution in [0.5, 0.6) is 17.6 Å². The zero-order valence-corrected chi connectivity index (χ0v) is 53.1. The molecule has 0 radical (unpaired) electrons. The molecule has 2 fully saturated rings. The predicted octanol–water partition coefficient (Wildman–Crippen LogP) is 11.0. The van der Waals surface area contributed by atoms with Crippen molar-refractivity contribution in [3.05, 3.63) is 145 Å². The normalized spacial score (nSPS) is 13.3. The third kappa shape index (κ3) is 17.2. The van der Waals surface area contributed by atoms with Crippen molar-refractivity contribution in [1.29, 1.82) is 0 Å². The van der Waals surface area contributed by atoms with Gasteiger partial charge in [0.1, 0.15) is 31.3 Å². The number of aromatic nitrogens is 12. The number of thioether (sulfide) groups is 1. The second-order valence-electron chi connectivity index (χ2n) is 20.2. The van der Waals surface area contributed by atoms with Gasteiger partial charge < -0.3 is 19.2 Å². The second kappa shape index (κ2) is 29.1. The van der Waals surface area contributed by atoms with Crippen LogP contribution in [0.4, 0.5) is 0 Å². The van der Waals surface area contributed by atoms with Crippen LogP contribution in [0, 0.1) is 0 Å². The molecule has 2 aliphatic rings. The van der Waals surface area contributed by atoms with Crippen LogP contribution < -0.4 is 25.6 Å². The average Bonchev–Trinajstić information content (AvgIpc) is 1.74. The zero-order valence-electron chi connectivity index (χ0n) is 46.8. The van der Waals surface area contributed by atoms with Crippen molar-refractivity contribution in [2.24, 2.45) is 0 Å². The van der Waals surface area contributed by atoms with Gasteiger partial charge in [0.25, 0.3) is 0 Å². The minimum atomic E-state index is -3.08. The maximum absolute atomic E-state index is 13.2. The quantitative estimate of drug-likeness (QED) is 0.0517. The second-order valence-corrected chi connectivity index (χ2v) is 27.6. The third-order valence-electron chi connectivity index (χ3n) is 13.2. The summed E-state index contributed by atoms with van der Waals surface area (Å²) in [5.74, 6) is 4.26. The Hall–Kier alpha value is -6.38. The van der Waals surface area contributed by atoms with Crippen molar-refractivity contribution in [3.63, 3.8) is 0 Å². The number of fused-ring (bicyclic) bond motifs is 5. The number of aromatic amines is 1. The fourth-order valence-corrected chi connectivity index (χ4v) is 11.4. The Balaban J connectivity index is 0.000000145. The molecule has 0 saturated heterocycles. The predicted molar refractivity (Wildman–Crippen MR) is 341 cm³/mol. The summed E-state index contributed by atoms with van der Waals surface area (Å²) in [7, 11) is -6.07. The minimum Gasteiger partial charge on any atom is -0.477 e. The Morgan fingerprint density at radius 1 is 0.570 bits per heavy atom. The molecule has 21 nitrogen and oxygen atoms in total. The summed E-state index contributed by atoms with van der Waals surface area (Å²) in [6.45, 7) is 1.22. The van der Waals surface area contributed by atoms with Crippen molar-refractivity contribution in [2.45, 2.75) is 75.3 Å². The number of hydrogen-bond donors (Lipinski definition) is 1. The lowest BCUT2D eigenvalue weighted by molar-refractivity contribution is 0.308. The van der Waals surface area contributed by atoms with E-state index in [2.05, 4.69) is 51.1 Å². The lowest BCUT2D eigenvalue weighted by Crippen LogP contribution is -2.25. The minimum absolute atomic E-state index is 0.00880. The molecule has 86 heavy (non-hydrogen) atoms. The van der Waals surface area contributed by atoms with Crippen LogP contribution in [-0.2, 0) is 38.0 Å².